The number of alkyl halides is 2. The van der Waals surface area contributed by atoms with Gasteiger partial charge in [0.1, 0.15) is 12.2 Å². The molecule has 1 N–H and O–H groups in total. The Kier molecular flexibility index (Phi) is 3.65. The van der Waals surface area contributed by atoms with Gasteiger partial charge >= 0.3 is 5.97 Å². The van der Waals surface area contributed by atoms with Gasteiger partial charge in [0, 0.05) is 25.3 Å². The lowest BCUT2D eigenvalue weighted by Crippen LogP contribution is -2.23. The lowest BCUT2D eigenvalue weighted by Gasteiger charge is -2.22. The van der Waals surface area contributed by atoms with E-state index in [9.17, 15) is 18.0 Å². The molecule has 17 heavy (non-hydrogen) atoms. The Labute approximate surface area is 96.5 Å². The smallest absolute Gasteiger partial charge is 0.309 e. The predicted molar refractivity (Wildman–Crippen MR) is 56.9 cm³/mol. The molecule has 0 unspecified atom stereocenters. The van der Waals surface area contributed by atoms with Gasteiger partial charge in [0.2, 0.25) is 0 Å². The number of carboxylic acids is 1. The third-order valence-corrected chi connectivity index (χ3v) is 2.21. The highest BCUT2D eigenvalue weighted by Crippen LogP contribution is 2.37. The third-order valence-electron chi connectivity index (χ3n) is 2.21. The zero-order valence-electron chi connectivity index (χ0n) is 9.38. The van der Waals surface area contributed by atoms with Crippen LogP contribution in [0.5, 0.6) is 0 Å². The molecule has 0 saturated carbocycles. The number of anilines is 1. The summed E-state index contributed by atoms with van der Waals surface area (Å²) in [7, 11) is 3.04. The summed E-state index contributed by atoms with van der Waals surface area (Å²) in [6.07, 6.45) is -1.36. The number of carboxylic acid groups (broad SMARTS) is 1. The van der Waals surface area contributed by atoms with Gasteiger partial charge in [-0.25, -0.2) is 13.2 Å². The van der Waals surface area contributed by atoms with Crippen LogP contribution in [0.15, 0.2) is 18.2 Å². The molecule has 0 aliphatic rings. The molecule has 0 heterocycles. The second-order valence-corrected chi connectivity index (χ2v) is 3.83. The summed E-state index contributed by atoms with van der Waals surface area (Å²) < 4.78 is 40.2. The van der Waals surface area contributed by atoms with Crippen molar-refractivity contribution < 1.29 is 23.1 Å². The van der Waals surface area contributed by atoms with Gasteiger partial charge in [0.25, 0.3) is 5.92 Å². The van der Waals surface area contributed by atoms with E-state index < -0.39 is 29.7 Å². The van der Waals surface area contributed by atoms with Crippen molar-refractivity contribution in [3.8, 4) is 0 Å². The molecule has 1 aromatic carbocycles. The molecule has 0 atom stereocenters. The summed E-state index contributed by atoms with van der Waals surface area (Å²) in [5, 5.41) is 8.42. The van der Waals surface area contributed by atoms with Crippen molar-refractivity contribution in [2.75, 3.05) is 19.0 Å². The molecule has 0 aliphatic carbocycles. The number of rotatable bonds is 4. The summed E-state index contributed by atoms with van der Waals surface area (Å²) in [6.45, 7) is 0. The van der Waals surface area contributed by atoms with Gasteiger partial charge in [0.05, 0.1) is 0 Å². The monoisotopic (exact) mass is 247 g/mol. The Bertz CT molecular complexity index is 433. The van der Waals surface area contributed by atoms with E-state index in [0.717, 1.165) is 6.07 Å². The van der Waals surface area contributed by atoms with Crippen LogP contribution in [0.2, 0.25) is 0 Å². The van der Waals surface area contributed by atoms with Crippen molar-refractivity contribution in [3.05, 3.63) is 29.6 Å². The second-order valence-electron chi connectivity index (χ2n) is 3.83. The number of nitrogens with zero attached hydrogens (tertiary/aromatic N) is 1. The minimum absolute atomic E-state index is 0.0950. The lowest BCUT2D eigenvalue weighted by molar-refractivity contribution is -0.145. The quantitative estimate of drug-likeness (QED) is 0.888. The topological polar surface area (TPSA) is 40.5 Å². The minimum atomic E-state index is -3.60. The normalized spacial score (nSPS) is 11.4. The van der Waals surface area contributed by atoms with Crippen molar-refractivity contribution in [2.45, 2.75) is 12.3 Å². The first-order valence-electron chi connectivity index (χ1n) is 4.81. The fourth-order valence-corrected chi connectivity index (χ4v) is 1.48. The number of carbonyl (C=O) groups is 1. The third kappa shape index (κ3) is 3.12. The largest absolute Gasteiger partial charge is 0.481 e. The van der Waals surface area contributed by atoms with Crippen LogP contribution in [-0.2, 0) is 10.7 Å². The Morgan fingerprint density at radius 2 is 2.00 bits per heavy atom. The Morgan fingerprint density at radius 3 is 2.47 bits per heavy atom. The van der Waals surface area contributed by atoms with Crippen molar-refractivity contribution in [2.24, 2.45) is 0 Å². The average molecular weight is 247 g/mol. The van der Waals surface area contributed by atoms with Crippen LogP contribution >= 0.6 is 0 Å². The summed E-state index contributed by atoms with van der Waals surface area (Å²) in [6, 6.07) is 2.91. The lowest BCUT2D eigenvalue weighted by atomic mass is 10.0. The highest BCUT2D eigenvalue weighted by atomic mass is 19.3. The first kappa shape index (κ1) is 13.3. The van der Waals surface area contributed by atoms with Crippen LogP contribution in [0.4, 0.5) is 18.9 Å². The summed E-state index contributed by atoms with van der Waals surface area (Å²) in [5.74, 6) is -6.06. The standard InChI is InChI=1S/C11H12F3NO2/c1-15(2)9-4-3-7(12)5-8(9)11(13,14)6-10(16)17/h3-5H,6H2,1-2H3,(H,16,17). The molecule has 0 spiro atoms. The maximum absolute atomic E-state index is 13.6. The van der Waals surface area contributed by atoms with Gasteiger partial charge in [-0.1, -0.05) is 0 Å². The van der Waals surface area contributed by atoms with Gasteiger partial charge in [-0.2, -0.15) is 0 Å². The molecule has 0 saturated heterocycles. The van der Waals surface area contributed by atoms with Crippen LogP contribution in [0, 0.1) is 5.82 Å². The molecule has 1 rings (SSSR count). The van der Waals surface area contributed by atoms with Gasteiger partial charge in [-0.3, -0.25) is 4.79 Å². The molecule has 0 aromatic heterocycles. The molecular formula is C11H12F3NO2. The maximum Gasteiger partial charge on any atom is 0.309 e. The molecule has 1 aromatic rings. The SMILES string of the molecule is CN(C)c1ccc(F)cc1C(F)(F)CC(=O)O. The second kappa shape index (κ2) is 4.65. The first-order chi connectivity index (χ1) is 7.74. The molecule has 6 heteroatoms. The average Bonchev–Trinajstić information content (AvgIpc) is 2.14. The molecule has 0 fully saturated rings. The van der Waals surface area contributed by atoms with E-state index in [4.69, 9.17) is 5.11 Å². The van der Waals surface area contributed by atoms with Gasteiger partial charge in [-0.05, 0) is 18.2 Å². The van der Waals surface area contributed by atoms with Gasteiger partial charge in [-0.15, -0.1) is 0 Å². The molecular weight excluding hydrogens is 235 g/mol. The first-order valence-corrected chi connectivity index (χ1v) is 4.81. The van der Waals surface area contributed by atoms with Gasteiger partial charge < -0.3 is 10.0 Å². The minimum Gasteiger partial charge on any atom is -0.481 e. The molecule has 0 amide bonds. The van der Waals surface area contributed by atoms with Gasteiger partial charge in [0.15, 0.2) is 0 Å². The van der Waals surface area contributed by atoms with Crippen LogP contribution in [0.3, 0.4) is 0 Å². The van der Waals surface area contributed by atoms with E-state index in [0.29, 0.717) is 6.07 Å². The van der Waals surface area contributed by atoms with E-state index in [1.54, 1.807) is 0 Å². The number of halogens is 3. The van der Waals surface area contributed by atoms with Crippen LogP contribution < -0.4 is 4.90 Å². The van der Waals surface area contributed by atoms with E-state index >= 15 is 0 Å². The summed E-state index contributed by atoms with van der Waals surface area (Å²) in [4.78, 5) is 11.7. The van der Waals surface area contributed by atoms with Crippen molar-refractivity contribution in [1.82, 2.24) is 0 Å². The zero-order chi connectivity index (χ0) is 13.2. The summed E-state index contributed by atoms with van der Waals surface area (Å²) in [5.41, 5.74) is -0.525. The summed E-state index contributed by atoms with van der Waals surface area (Å²) >= 11 is 0. The van der Waals surface area contributed by atoms with Crippen molar-refractivity contribution in [1.29, 1.82) is 0 Å². The maximum atomic E-state index is 13.6. The number of benzene rings is 1. The molecule has 3 nitrogen and oxygen atoms in total. The van der Waals surface area contributed by atoms with Crippen LogP contribution in [0.25, 0.3) is 0 Å². The fraction of sp³-hybridized carbons (Fsp3) is 0.364. The van der Waals surface area contributed by atoms with Crippen molar-refractivity contribution >= 4 is 11.7 Å². The highest BCUT2D eigenvalue weighted by molar-refractivity contribution is 5.69. The Hall–Kier alpha value is -1.72. The molecule has 0 bridgehead atoms. The predicted octanol–water partition coefficient (Wildman–Crippen LogP) is 2.46. The Morgan fingerprint density at radius 1 is 1.41 bits per heavy atom. The zero-order valence-corrected chi connectivity index (χ0v) is 9.38. The molecule has 94 valence electrons. The molecule has 0 aliphatic heterocycles. The highest BCUT2D eigenvalue weighted by Gasteiger charge is 2.37. The van der Waals surface area contributed by atoms with Crippen LogP contribution in [0.1, 0.15) is 12.0 Å². The van der Waals surface area contributed by atoms with Crippen molar-refractivity contribution in [3.63, 3.8) is 0 Å². The van der Waals surface area contributed by atoms with Crippen LogP contribution in [-0.4, -0.2) is 25.2 Å². The van der Waals surface area contributed by atoms with E-state index in [-0.39, 0.29) is 5.69 Å². The number of hydrogen-bond donors (Lipinski definition) is 1. The Balaban J connectivity index is 3.27. The molecule has 0 radical (unpaired) electrons. The fourth-order valence-electron chi connectivity index (χ4n) is 1.48. The van der Waals surface area contributed by atoms with E-state index in [1.807, 2.05) is 0 Å². The van der Waals surface area contributed by atoms with E-state index in [2.05, 4.69) is 0 Å². The number of hydrogen-bond acceptors (Lipinski definition) is 2. The van der Waals surface area contributed by atoms with E-state index in [1.165, 1.54) is 25.1 Å². The number of aliphatic carboxylic acids is 1.